The Balaban J connectivity index is 3.10. The van der Waals surface area contributed by atoms with E-state index in [0.717, 1.165) is 0 Å². The molecule has 7 heteroatoms. The summed E-state index contributed by atoms with van der Waals surface area (Å²) in [6.45, 7) is 0. The predicted octanol–water partition coefficient (Wildman–Crippen LogP) is 2.63. The smallest absolute Gasteiger partial charge is 0.240 e. The van der Waals surface area contributed by atoms with E-state index in [1.165, 1.54) is 0 Å². The number of hydrogen-bond acceptors (Lipinski definition) is 0. The first kappa shape index (κ1) is 9.60. The van der Waals surface area contributed by atoms with Crippen LogP contribution in [0.1, 0.15) is 6.42 Å². The van der Waals surface area contributed by atoms with Gasteiger partial charge in [-0.05, 0) is 0 Å². The summed E-state index contributed by atoms with van der Waals surface area (Å²) in [4.78, 5) is 0. The maximum absolute atomic E-state index is 12.0. The Labute approximate surface area is 62.4 Å². The zero-order valence-corrected chi connectivity index (χ0v) is 5.43. The first-order valence-electron chi connectivity index (χ1n) is 2.90. The van der Waals surface area contributed by atoms with Gasteiger partial charge in [0.2, 0.25) is 0 Å². The van der Waals surface area contributed by atoms with Crippen LogP contribution in [0.2, 0.25) is 0 Å². The van der Waals surface area contributed by atoms with E-state index in [1.807, 2.05) is 0 Å². The second-order valence-corrected chi connectivity index (χ2v) is 2.57. The van der Waals surface area contributed by atoms with Crippen molar-refractivity contribution in [1.29, 1.82) is 0 Å². The average Bonchev–Trinajstić information content (AvgIpc) is 1.92. The van der Waals surface area contributed by atoms with Crippen molar-refractivity contribution in [1.82, 2.24) is 0 Å². The van der Waals surface area contributed by atoms with E-state index in [2.05, 4.69) is 0 Å². The predicted molar refractivity (Wildman–Crippen MR) is 24.4 cm³/mol. The van der Waals surface area contributed by atoms with Gasteiger partial charge in [0.15, 0.2) is 6.17 Å². The highest BCUT2D eigenvalue weighted by atomic mass is 19.3. The minimum Gasteiger partial charge on any atom is -0.240 e. The minimum atomic E-state index is -5.58. The Hall–Kier alpha value is -0.490. The number of halogens is 7. The number of alkyl halides is 7. The minimum absolute atomic E-state index is 2.13. The van der Waals surface area contributed by atoms with Crippen molar-refractivity contribution in [3.05, 3.63) is 0 Å². The van der Waals surface area contributed by atoms with Gasteiger partial charge >= 0.3 is 17.8 Å². The summed E-state index contributed by atoms with van der Waals surface area (Å²) in [5, 5.41) is 0. The molecule has 0 aromatic rings. The second kappa shape index (κ2) is 2.05. The van der Waals surface area contributed by atoms with Gasteiger partial charge in [-0.25, -0.2) is 4.39 Å². The molecule has 1 saturated carbocycles. The Bertz CT molecular complexity index is 196. The van der Waals surface area contributed by atoms with E-state index in [1.54, 1.807) is 0 Å². The summed E-state index contributed by atoms with van der Waals surface area (Å²) in [7, 11) is 0. The van der Waals surface area contributed by atoms with Crippen LogP contribution in [-0.4, -0.2) is 23.9 Å². The SMILES string of the molecule is F[C@@H]1CC(F)(F)C(F)(F)C1(F)F. The third-order valence-electron chi connectivity index (χ3n) is 1.71. The lowest BCUT2D eigenvalue weighted by molar-refractivity contribution is -0.277. The van der Waals surface area contributed by atoms with Gasteiger partial charge in [0.1, 0.15) is 0 Å². The lowest BCUT2D eigenvalue weighted by Crippen LogP contribution is -2.48. The fourth-order valence-corrected chi connectivity index (χ4v) is 0.922. The van der Waals surface area contributed by atoms with Crippen LogP contribution in [0.25, 0.3) is 0 Å². The lowest BCUT2D eigenvalue weighted by atomic mass is 10.2. The van der Waals surface area contributed by atoms with E-state index in [9.17, 15) is 30.7 Å². The third kappa shape index (κ3) is 0.847. The first-order valence-corrected chi connectivity index (χ1v) is 2.90. The molecule has 1 aliphatic carbocycles. The van der Waals surface area contributed by atoms with Crippen molar-refractivity contribution in [3.8, 4) is 0 Å². The number of rotatable bonds is 0. The molecule has 1 aliphatic rings. The molecule has 0 nitrogen and oxygen atoms in total. The maximum Gasteiger partial charge on any atom is 0.375 e. The van der Waals surface area contributed by atoms with Crippen molar-refractivity contribution in [3.63, 3.8) is 0 Å². The molecule has 0 heterocycles. The van der Waals surface area contributed by atoms with Gasteiger partial charge in [-0.2, -0.15) is 26.3 Å². The lowest BCUT2D eigenvalue weighted by Gasteiger charge is -2.22. The summed E-state index contributed by atoms with van der Waals surface area (Å²) in [6, 6.07) is 0. The summed E-state index contributed by atoms with van der Waals surface area (Å²) in [5.41, 5.74) is 0. The van der Waals surface area contributed by atoms with Gasteiger partial charge in [-0.1, -0.05) is 0 Å². The Morgan fingerprint density at radius 2 is 1.33 bits per heavy atom. The molecule has 0 aliphatic heterocycles. The van der Waals surface area contributed by atoms with Gasteiger partial charge < -0.3 is 0 Å². The average molecular weight is 196 g/mol. The standard InChI is InChI=1S/C5H3F7/c6-2-1-3(7,8)5(11,12)4(2,9)10/h2H,1H2/t2-/m1/s1. The first-order chi connectivity index (χ1) is 5.13. The highest BCUT2D eigenvalue weighted by Crippen LogP contribution is 2.57. The van der Waals surface area contributed by atoms with E-state index < -0.39 is 30.4 Å². The van der Waals surface area contributed by atoms with Crippen LogP contribution in [0, 0.1) is 0 Å². The van der Waals surface area contributed by atoms with Gasteiger partial charge in [-0.15, -0.1) is 0 Å². The van der Waals surface area contributed by atoms with Crippen LogP contribution >= 0.6 is 0 Å². The molecule has 0 aromatic carbocycles. The van der Waals surface area contributed by atoms with Gasteiger partial charge in [0.05, 0.1) is 6.42 Å². The second-order valence-electron chi connectivity index (χ2n) is 2.57. The fraction of sp³-hybridized carbons (Fsp3) is 1.00. The quantitative estimate of drug-likeness (QED) is 0.522. The topological polar surface area (TPSA) is 0 Å². The van der Waals surface area contributed by atoms with E-state index in [4.69, 9.17) is 0 Å². The third-order valence-corrected chi connectivity index (χ3v) is 1.71. The van der Waals surface area contributed by atoms with Crippen LogP contribution in [-0.2, 0) is 0 Å². The molecule has 0 radical (unpaired) electrons. The fourth-order valence-electron chi connectivity index (χ4n) is 0.922. The summed E-state index contributed by atoms with van der Waals surface area (Å²) < 4.78 is 84.0. The van der Waals surface area contributed by atoms with Crippen molar-refractivity contribution >= 4 is 0 Å². The molecule has 0 saturated heterocycles. The van der Waals surface area contributed by atoms with Crippen LogP contribution in [0.3, 0.4) is 0 Å². The Kier molecular flexibility index (Phi) is 1.64. The molecule has 0 aromatic heterocycles. The number of hydrogen-bond donors (Lipinski definition) is 0. The summed E-state index contributed by atoms with van der Waals surface area (Å²) in [6.07, 6.45) is -5.62. The van der Waals surface area contributed by atoms with Crippen molar-refractivity contribution < 1.29 is 30.7 Å². The molecule has 0 bridgehead atoms. The van der Waals surface area contributed by atoms with Gasteiger partial charge in [0, 0.05) is 0 Å². The molecule has 1 fully saturated rings. The van der Waals surface area contributed by atoms with Gasteiger partial charge in [0.25, 0.3) is 0 Å². The molecular weight excluding hydrogens is 193 g/mol. The zero-order valence-electron chi connectivity index (χ0n) is 5.43. The zero-order chi connectivity index (χ0) is 9.78. The largest absolute Gasteiger partial charge is 0.375 e. The van der Waals surface area contributed by atoms with Crippen molar-refractivity contribution in [2.24, 2.45) is 0 Å². The molecule has 0 spiro atoms. The molecule has 0 N–H and O–H groups in total. The van der Waals surface area contributed by atoms with Crippen molar-refractivity contribution in [2.75, 3.05) is 0 Å². The van der Waals surface area contributed by atoms with Crippen LogP contribution in [0.15, 0.2) is 0 Å². The van der Waals surface area contributed by atoms with Gasteiger partial charge in [-0.3, -0.25) is 0 Å². The molecular formula is C5H3F7. The summed E-state index contributed by atoms with van der Waals surface area (Å²) in [5.74, 6) is -15.8. The molecule has 0 unspecified atom stereocenters. The van der Waals surface area contributed by atoms with E-state index in [-0.39, 0.29) is 0 Å². The van der Waals surface area contributed by atoms with Crippen molar-refractivity contribution in [2.45, 2.75) is 30.4 Å². The normalized spacial score (nSPS) is 36.8. The van der Waals surface area contributed by atoms with E-state index >= 15 is 0 Å². The molecule has 1 rings (SSSR count). The Morgan fingerprint density at radius 3 is 1.42 bits per heavy atom. The molecule has 1 atom stereocenters. The maximum atomic E-state index is 12.0. The highest BCUT2D eigenvalue weighted by Gasteiger charge is 2.81. The van der Waals surface area contributed by atoms with Crippen LogP contribution < -0.4 is 0 Å². The monoisotopic (exact) mass is 196 g/mol. The van der Waals surface area contributed by atoms with E-state index in [0.29, 0.717) is 0 Å². The molecule has 72 valence electrons. The Morgan fingerprint density at radius 1 is 0.917 bits per heavy atom. The highest BCUT2D eigenvalue weighted by molar-refractivity contribution is 5.08. The molecule has 0 amide bonds. The summed E-state index contributed by atoms with van der Waals surface area (Å²) >= 11 is 0. The van der Waals surface area contributed by atoms with Crippen LogP contribution in [0.5, 0.6) is 0 Å². The van der Waals surface area contributed by atoms with Crippen LogP contribution in [0.4, 0.5) is 30.7 Å². The molecule has 12 heavy (non-hydrogen) atoms.